The maximum atomic E-state index is 10.7. The predicted octanol–water partition coefficient (Wildman–Crippen LogP) is 1.88. The van der Waals surface area contributed by atoms with Crippen LogP contribution in [0.4, 0.5) is 0 Å². The molecule has 2 aromatic rings. The van der Waals surface area contributed by atoms with Crippen molar-refractivity contribution in [1.82, 2.24) is 9.97 Å². The highest BCUT2D eigenvalue weighted by atomic mass is 16.5. The third-order valence-electron chi connectivity index (χ3n) is 1.56. The standard InChI is InChI=1S/C7H7NO2.C4H5N/c1-10-7(9)6-4-2-3-5-8-6;1-2-4-5-3-1/h2-5H,1H3;1-5H. The first-order valence-electron chi connectivity index (χ1n) is 4.41. The minimum Gasteiger partial charge on any atom is -0.464 e. The van der Waals surface area contributed by atoms with E-state index < -0.39 is 5.97 Å². The van der Waals surface area contributed by atoms with Gasteiger partial charge in [0.25, 0.3) is 0 Å². The van der Waals surface area contributed by atoms with Gasteiger partial charge in [0, 0.05) is 18.6 Å². The van der Waals surface area contributed by atoms with Gasteiger partial charge in [0.15, 0.2) is 0 Å². The molecular weight excluding hydrogens is 192 g/mol. The van der Waals surface area contributed by atoms with Crippen LogP contribution in [-0.2, 0) is 4.74 Å². The van der Waals surface area contributed by atoms with Crippen LogP contribution in [0.5, 0.6) is 0 Å². The molecule has 15 heavy (non-hydrogen) atoms. The summed E-state index contributed by atoms with van der Waals surface area (Å²) in [7, 11) is 1.33. The van der Waals surface area contributed by atoms with Gasteiger partial charge in [-0.05, 0) is 24.3 Å². The Hall–Kier alpha value is -2.10. The van der Waals surface area contributed by atoms with Crippen LogP contribution in [0.3, 0.4) is 0 Å². The van der Waals surface area contributed by atoms with Gasteiger partial charge in [0.05, 0.1) is 7.11 Å². The Kier molecular flexibility index (Phi) is 4.66. The van der Waals surface area contributed by atoms with Crippen LogP contribution in [0.25, 0.3) is 0 Å². The zero-order valence-corrected chi connectivity index (χ0v) is 8.38. The molecule has 1 N–H and O–H groups in total. The van der Waals surface area contributed by atoms with Gasteiger partial charge in [-0.3, -0.25) is 0 Å². The normalized spacial score (nSPS) is 8.60. The van der Waals surface area contributed by atoms with Crippen LogP contribution in [0.1, 0.15) is 10.5 Å². The molecule has 0 aromatic carbocycles. The van der Waals surface area contributed by atoms with Gasteiger partial charge in [-0.2, -0.15) is 0 Å². The molecule has 0 radical (unpaired) electrons. The maximum Gasteiger partial charge on any atom is 0.356 e. The van der Waals surface area contributed by atoms with Crippen molar-refractivity contribution in [3.8, 4) is 0 Å². The lowest BCUT2D eigenvalue weighted by atomic mass is 10.4. The number of aromatic amines is 1. The molecule has 78 valence electrons. The number of pyridine rings is 1. The molecule has 0 saturated heterocycles. The fourth-order valence-corrected chi connectivity index (χ4v) is 0.866. The quantitative estimate of drug-likeness (QED) is 0.721. The smallest absolute Gasteiger partial charge is 0.356 e. The second-order valence-corrected chi connectivity index (χ2v) is 2.59. The lowest BCUT2D eigenvalue weighted by Gasteiger charge is -1.94. The molecule has 4 heteroatoms. The number of carbonyl (C=O) groups excluding carboxylic acids is 1. The third kappa shape index (κ3) is 4.08. The van der Waals surface area contributed by atoms with E-state index >= 15 is 0 Å². The highest BCUT2D eigenvalue weighted by Gasteiger charge is 2.02. The molecule has 2 aromatic heterocycles. The molecule has 0 spiro atoms. The maximum absolute atomic E-state index is 10.7. The molecule has 0 unspecified atom stereocenters. The molecule has 0 aliphatic carbocycles. The largest absolute Gasteiger partial charge is 0.464 e. The van der Waals surface area contributed by atoms with Crippen molar-refractivity contribution in [2.24, 2.45) is 0 Å². The van der Waals surface area contributed by atoms with E-state index in [0.717, 1.165) is 0 Å². The minimum atomic E-state index is -0.402. The number of methoxy groups -OCH3 is 1. The molecule has 0 aliphatic rings. The van der Waals surface area contributed by atoms with Crippen molar-refractivity contribution in [1.29, 1.82) is 0 Å². The van der Waals surface area contributed by atoms with E-state index in [2.05, 4.69) is 14.7 Å². The van der Waals surface area contributed by atoms with Gasteiger partial charge >= 0.3 is 5.97 Å². The van der Waals surface area contributed by atoms with Crippen molar-refractivity contribution in [3.05, 3.63) is 54.6 Å². The fraction of sp³-hybridized carbons (Fsp3) is 0.0909. The minimum absolute atomic E-state index is 0.338. The third-order valence-corrected chi connectivity index (χ3v) is 1.56. The van der Waals surface area contributed by atoms with Gasteiger partial charge in [0.2, 0.25) is 0 Å². The second-order valence-electron chi connectivity index (χ2n) is 2.59. The van der Waals surface area contributed by atoms with Crippen molar-refractivity contribution in [3.63, 3.8) is 0 Å². The van der Waals surface area contributed by atoms with Crippen molar-refractivity contribution >= 4 is 5.97 Å². The highest BCUT2D eigenvalue weighted by Crippen LogP contribution is 1.93. The first kappa shape index (κ1) is 11.0. The number of H-pyrrole nitrogens is 1. The summed E-state index contributed by atoms with van der Waals surface area (Å²) in [5, 5.41) is 0. The summed E-state index contributed by atoms with van der Waals surface area (Å²) in [6, 6.07) is 8.97. The van der Waals surface area contributed by atoms with Crippen molar-refractivity contribution in [2.75, 3.05) is 7.11 Å². The van der Waals surface area contributed by atoms with E-state index in [1.165, 1.54) is 7.11 Å². The van der Waals surface area contributed by atoms with E-state index in [4.69, 9.17) is 0 Å². The second kappa shape index (κ2) is 6.37. The Labute approximate surface area is 87.9 Å². The van der Waals surface area contributed by atoms with Gasteiger partial charge in [0.1, 0.15) is 5.69 Å². The molecule has 2 heterocycles. The summed E-state index contributed by atoms with van der Waals surface area (Å²) in [5.74, 6) is -0.402. The van der Waals surface area contributed by atoms with Crippen molar-refractivity contribution < 1.29 is 9.53 Å². The van der Waals surface area contributed by atoms with Gasteiger partial charge in [-0.1, -0.05) is 6.07 Å². The van der Waals surface area contributed by atoms with Gasteiger partial charge in [-0.15, -0.1) is 0 Å². The highest BCUT2D eigenvalue weighted by molar-refractivity contribution is 5.86. The Balaban J connectivity index is 0.000000187. The topological polar surface area (TPSA) is 55.0 Å². The van der Waals surface area contributed by atoms with Crippen molar-refractivity contribution in [2.45, 2.75) is 0 Å². The Morgan fingerprint density at radius 3 is 2.40 bits per heavy atom. The van der Waals surface area contributed by atoms with Crippen LogP contribution in [0.15, 0.2) is 48.9 Å². The number of hydrogen-bond acceptors (Lipinski definition) is 3. The number of hydrogen-bond donors (Lipinski definition) is 1. The number of nitrogens with one attached hydrogen (secondary N) is 1. The molecule has 2 rings (SSSR count). The number of nitrogens with zero attached hydrogens (tertiary/aromatic N) is 1. The van der Waals surface area contributed by atoms with Crippen LogP contribution < -0.4 is 0 Å². The molecule has 0 amide bonds. The average Bonchev–Trinajstić information content (AvgIpc) is 2.88. The lowest BCUT2D eigenvalue weighted by molar-refractivity contribution is 0.0594. The zero-order chi connectivity index (χ0) is 10.9. The summed E-state index contributed by atoms with van der Waals surface area (Å²) in [6.45, 7) is 0. The van der Waals surface area contributed by atoms with Gasteiger partial charge in [-0.25, -0.2) is 9.78 Å². The summed E-state index contributed by atoms with van der Waals surface area (Å²) in [4.78, 5) is 17.4. The van der Waals surface area contributed by atoms with E-state index in [9.17, 15) is 4.79 Å². The van der Waals surface area contributed by atoms with E-state index in [1.807, 2.05) is 24.5 Å². The zero-order valence-electron chi connectivity index (χ0n) is 8.38. The Morgan fingerprint density at radius 1 is 1.27 bits per heavy atom. The summed E-state index contributed by atoms with van der Waals surface area (Å²) >= 11 is 0. The first-order chi connectivity index (χ1) is 7.34. The van der Waals surface area contributed by atoms with E-state index in [-0.39, 0.29) is 0 Å². The SMILES string of the molecule is COC(=O)c1ccccn1.c1cc[nH]c1. The molecule has 0 fully saturated rings. The summed E-state index contributed by atoms with van der Waals surface area (Å²) in [6.07, 6.45) is 5.30. The molecular formula is C11H12N2O2. The molecule has 0 bridgehead atoms. The van der Waals surface area contributed by atoms with E-state index in [0.29, 0.717) is 5.69 Å². The fourth-order valence-electron chi connectivity index (χ4n) is 0.866. The number of ether oxygens (including phenoxy) is 1. The molecule has 0 aliphatic heterocycles. The Bertz CT molecular complexity index is 354. The summed E-state index contributed by atoms with van der Waals surface area (Å²) in [5.41, 5.74) is 0.338. The van der Waals surface area contributed by atoms with Crippen LogP contribution >= 0.6 is 0 Å². The predicted molar refractivity (Wildman–Crippen MR) is 56.4 cm³/mol. The molecule has 4 nitrogen and oxygen atoms in total. The molecule has 0 saturated carbocycles. The number of aromatic nitrogens is 2. The van der Waals surface area contributed by atoms with Crippen LogP contribution in [0, 0.1) is 0 Å². The van der Waals surface area contributed by atoms with Crippen LogP contribution in [0.2, 0.25) is 0 Å². The monoisotopic (exact) mass is 204 g/mol. The summed E-state index contributed by atoms with van der Waals surface area (Å²) < 4.78 is 4.43. The first-order valence-corrected chi connectivity index (χ1v) is 4.41. The van der Waals surface area contributed by atoms with Gasteiger partial charge < -0.3 is 9.72 Å². The van der Waals surface area contributed by atoms with Crippen LogP contribution in [-0.4, -0.2) is 23.0 Å². The number of carbonyl (C=O) groups is 1. The number of rotatable bonds is 1. The number of esters is 1. The Morgan fingerprint density at radius 2 is 2.00 bits per heavy atom. The lowest BCUT2D eigenvalue weighted by Crippen LogP contribution is -2.02. The molecule has 0 atom stereocenters. The average molecular weight is 204 g/mol. The van der Waals surface area contributed by atoms with E-state index in [1.54, 1.807) is 24.4 Å².